The van der Waals surface area contributed by atoms with E-state index in [0.717, 1.165) is 12.1 Å². The van der Waals surface area contributed by atoms with Crippen LogP contribution < -0.4 is 16.0 Å². The molecule has 2 aromatic carbocycles. The van der Waals surface area contributed by atoms with Crippen molar-refractivity contribution in [3.63, 3.8) is 0 Å². The van der Waals surface area contributed by atoms with Crippen LogP contribution in [0.25, 0.3) is 0 Å². The lowest BCUT2D eigenvalue weighted by Crippen LogP contribution is -2.48. The molecule has 5 N–H and O–H groups in total. The molecule has 9 nitrogen and oxygen atoms in total. The third-order valence-corrected chi connectivity index (χ3v) is 5.52. The van der Waals surface area contributed by atoms with Gasteiger partial charge in [-0.15, -0.1) is 11.3 Å². The third kappa shape index (κ3) is 6.39. The Morgan fingerprint density at radius 1 is 0.941 bits per heavy atom. The second-order valence-electron chi connectivity index (χ2n) is 7.10. The fourth-order valence-corrected chi connectivity index (χ4v) is 3.56. The van der Waals surface area contributed by atoms with Gasteiger partial charge in [0.1, 0.15) is 17.6 Å². The van der Waals surface area contributed by atoms with Crippen LogP contribution in [0.5, 0.6) is 5.75 Å². The van der Waals surface area contributed by atoms with Gasteiger partial charge in [-0.2, -0.15) is 0 Å². The molecule has 1 atom stereocenters. The van der Waals surface area contributed by atoms with Crippen LogP contribution in [0.15, 0.2) is 60.0 Å². The fourth-order valence-electron chi connectivity index (χ4n) is 2.92. The number of amides is 3. The van der Waals surface area contributed by atoms with Crippen molar-refractivity contribution in [3.8, 4) is 5.75 Å². The zero-order valence-electron chi connectivity index (χ0n) is 17.6. The van der Waals surface area contributed by atoms with Gasteiger partial charge in [-0.05, 0) is 47.3 Å². The monoisotopic (exact) mass is 485 g/mol. The van der Waals surface area contributed by atoms with E-state index in [2.05, 4.69) is 16.0 Å². The molecule has 0 fully saturated rings. The number of carbonyl (C=O) groups excluding carboxylic acids is 3. The van der Waals surface area contributed by atoms with E-state index in [4.69, 9.17) is 0 Å². The highest BCUT2D eigenvalue weighted by Gasteiger charge is 2.24. The number of carboxylic acid groups (broad SMARTS) is 1. The lowest BCUT2D eigenvalue weighted by atomic mass is 10.1. The van der Waals surface area contributed by atoms with Crippen LogP contribution in [-0.2, 0) is 11.3 Å². The molecule has 0 radical (unpaired) electrons. The minimum absolute atomic E-state index is 0.0407. The van der Waals surface area contributed by atoms with Gasteiger partial charge in [0.05, 0.1) is 10.4 Å². The van der Waals surface area contributed by atoms with E-state index in [1.807, 2.05) is 0 Å². The largest absolute Gasteiger partial charge is 0.508 e. The van der Waals surface area contributed by atoms with E-state index < -0.39 is 47.7 Å². The summed E-state index contributed by atoms with van der Waals surface area (Å²) in [7, 11) is 0. The molecular formula is C23H20FN3O6S. The number of carbonyl (C=O) groups is 4. The van der Waals surface area contributed by atoms with E-state index in [9.17, 15) is 33.8 Å². The predicted octanol–water partition coefficient (Wildman–Crippen LogP) is 2.14. The summed E-state index contributed by atoms with van der Waals surface area (Å²) in [5, 5.41) is 27.6. The van der Waals surface area contributed by atoms with Crippen molar-refractivity contribution >= 4 is 35.0 Å². The molecule has 0 aliphatic rings. The van der Waals surface area contributed by atoms with E-state index in [-0.39, 0.29) is 17.9 Å². The highest BCUT2D eigenvalue weighted by molar-refractivity contribution is 7.12. The molecule has 0 saturated heterocycles. The Labute approximate surface area is 197 Å². The van der Waals surface area contributed by atoms with Gasteiger partial charge >= 0.3 is 5.97 Å². The maximum Gasteiger partial charge on any atom is 0.328 e. The van der Waals surface area contributed by atoms with Gasteiger partial charge in [0.15, 0.2) is 0 Å². The Hall–Kier alpha value is -4.25. The second-order valence-corrected chi connectivity index (χ2v) is 8.05. The van der Waals surface area contributed by atoms with Crippen molar-refractivity contribution in [2.24, 2.45) is 0 Å². The molecule has 3 aromatic rings. The summed E-state index contributed by atoms with van der Waals surface area (Å²) in [6.45, 7) is -0.316. The Balaban J connectivity index is 1.60. The zero-order chi connectivity index (χ0) is 24.7. The Morgan fingerprint density at radius 3 is 2.38 bits per heavy atom. The first-order valence-electron chi connectivity index (χ1n) is 9.95. The van der Waals surface area contributed by atoms with Gasteiger partial charge < -0.3 is 26.2 Å². The normalized spacial score (nSPS) is 11.3. The average Bonchev–Trinajstić information content (AvgIpc) is 3.34. The number of aromatic hydroxyl groups is 1. The maximum absolute atomic E-state index is 14.5. The van der Waals surface area contributed by atoms with Crippen molar-refractivity contribution in [1.82, 2.24) is 16.0 Å². The molecule has 1 aromatic heterocycles. The SMILES string of the molecule is O=C(NCc1cccc(O)c1)c1ccc(C(=O)NC(CNC(=O)c2cccs2)C(=O)O)c(F)c1. The number of thiophene rings is 1. The number of aliphatic carboxylic acids is 1. The van der Waals surface area contributed by atoms with Gasteiger partial charge in [-0.3, -0.25) is 14.4 Å². The van der Waals surface area contributed by atoms with Gasteiger partial charge in [-0.25, -0.2) is 9.18 Å². The lowest BCUT2D eigenvalue weighted by molar-refractivity contribution is -0.139. The number of hydrogen-bond donors (Lipinski definition) is 5. The first-order chi connectivity index (χ1) is 16.2. The van der Waals surface area contributed by atoms with Crippen LogP contribution in [0.1, 0.15) is 36.0 Å². The molecule has 1 unspecified atom stereocenters. The molecular weight excluding hydrogens is 465 g/mol. The topological polar surface area (TPSA) is 145 Å². The van der Waals surface area contributed by atoms with E-state index in [1.54, 1.807) is 29.6 Å². The highest BCUT2D eigenvalue weighted by Crippen LogP contribution is 2.13. The summed E-state index contributed by atoms with van der Waals surface area (Å²) >= 11 is 1.17. The number of hydrogen-bond acceptors (Lipinski definition) is 6. The fraction of sp³-hybridized carbons (Fsp3) is 0.130. The van der Waals surface area contributed by atoms with Gasteiger partial charge in [0, 0.05) is 18.7 Å². The predicted molar refractivity (Wildman–Crippen MR) is 121 cm³/mol. The van der Waals surface area contributed by atoms with Crippen molar-refractivity contribution in [1.29, 1.82) is 0 Å². The average molecular weight is 485 g/mol. The summed E-state index contributed by atoms with van der Waals surface area (Å²) in [4.78, 5) is 48.6. The highest BCUT2D eigenvalue weighted by atomic mass is 32.1. The summed E-state index contributed by atoms with van der Waals surface area (Å²) in [5.74, 6) is -4.50. The molecule has 176 valence electrons. The Morgan fingerprint density at radius 2 is 1.74 bits per heavy atom. The van der Waals surface area contributed by atoms with Crippen LogP contribution >= 0.6 is 11.3 Å². The molecule has 0 aliphatic carbocycles. The zero-order valence-corrected chi connectivity index (χ0v) is 18.4. The molecule has 11 heteroatoms. The number of benzene rings is 2. The smallest absolute Gasteiger partial charge is 0.328 e. The standard InChI is InChI=1S/C23H20FN3O6S/c24-17-10-14(20(29)25-11-13-3-1-4-15(28)9-13)6-7-16(17)21(30)27-18(23(32)33)12-26-22(31)19-5-2-8-34-19/h1-10,18,28H,11-12H2,(H,25,29)(H,26,31)(H,27,30)(H,32,33). The lowest BCUT2D eigenvalue weighted by Gasteiger charge is -2.15. The first kappa shape index (κ1) is 24.4. The summed E-state index contributed by atoms with van der Waals surface area (Å²) in [5.41, 5.74) is 0.128. The van der Waals surface area contributed by atoms with Gasteiger partial charge in [-0.1, -0.05) is 18.2 Å². The molecule has 3 rings (SSSR count). The Kier molecular flexibility index (Phi) is 7.93. The van der Waals surface area contributed by atoms with Crippen LogP contribution in [0.3, 0.4) is 0 Å². The molecule has 0 saturated carbocycles. The molecule has 34 heavy (non-hydrogen) atoms. The second kappa shape index (κ2) is 11.1. The van der Waals surface area contributed by atoms with Crippen molar-refractivity contribution in [2.45, 2.75) is 12.6 Å². The van der Waals surface area contributed by atoms with Crippen LogP contribution in [0.2, 0.25) is 0 Å². The minimum atomic E-state index is -1.50. The van der Waals surface area contributed by atoms with Gasteiger partial charge in [0.2, 0.25) is 0 Å². The van der Waals surface area contributed by atoms with E-state index >= 15 is 0 Å². The number of carboxylic acids is 1. The number of rotatable bonds is 9. The summed E-state index contributed by atoms with van der Waals surface area (Å²) < 4.78 is 14.5. The van der Waals surface area contributed by atoms with Crippen molar-refractivity contribution in [3.05, 3.63) is 87.4 Å². The first-order valence-corrected chi connectivity index (χ1v) is 10.8. The summed E-state index contributed by atoms with van der Waals surface area (Å²) in [6.07, 6.45) is 0. The quantitative estimate of drug-likeness (QED) is 0.314. The molecule has 3 amide bonds. The number of phenols is 1. The molecule has 1 heterocycles. The van der Waals surface area contributed by atoms with Crippen molar-refractivity contribution in [2.75, 3.05) is 6.54 Å². The van der Waals surface area contributed by atoms with Gasteiger partial charge in [0.25, 0.3) is 17.7 Å². The van der Waals surface area contributed by atoms with Crippen LogP contribution in [-0.4, -0.2) is 46.5 Å². The van der Waals surface area contributed by atoms with E-state index in [1.165, 1.54) is 29.5 Å². The maximum atomic E-state index is 14.5. The Bertz CT molecular complexity index is 1220. The van der Waals surface area contributed by atoms with E-state index in [0.29, 0.717) is 10.4 Å². The minimum Gasteiger partial charge on any atom is -0.508 e. The van der Waals surface area contributed by atoms with Crippen molar-refractivity contribution < 1.29 is 33.8 Å². The molecule has 0 spiro atoms. The number of phenolic OH excluding ortho intramolecular Hbond substituents is 1. The molecule has 0 aliphatic heterocycles. The summed E-state index contributed by atoms with van der Waals surface area (Å²) in [6, 6.07) is 11.1. The molecule has 0 bridgehead atoms. The van der Waals surface area contributed by atoms with Crippen LogP contribution in [0, 0.1) is 5.82 Å². The number of halogens is 1. The van der Waals surface area contributed by atoms with Crippen LogP contribution in [0.4, 0.5) is 4.39 Å². The third-order valence-electron chi connectivity index (χ3n) is 4.65. The number of nitrogens with one attached hydrogen (secondary N) is 3.